The van der Waals surface area contributed by atoms with Crippen LogP contribution in [0.3, 0.4) is 0 Å². The summed E-state index contributed by atoms with van der Waals surface area (Å²) in [6, 6.07) is 6.63. The van der Waals surface area contributed by atoms with Gasteiger partial charge in [0.1, 0.15) is 5.82 Å². The zero-order valence-electron chi connectivity index (χ0n) is 11.2. The van der Waals surface area contributed by atoms with E-state index >= 15 is 0 Å². The number of hydrogen-bond donors (Lipinski definition) is 0. The van der Waals surface area contributed by atoms with Crippen LogP contribution in [0.4, 0.5) is 4.39 Å². The number of benzene rings is 1. The Hall–Kier alpha value is -2.24. The summed E-state index contributed by atoms with van der Waals surface area (Å²) in [7, 11) is 0. The van der Waals surface area contributed by atoms with Crippen LogP contribution in [0.5, 0.6) is 0 Å². The van der Waals surface area contributed by atoms with Crippen molar-refractivity contribution in [2.75, 3.05) is 0 Å². The predicted molar refractivity (Wildman–Crippen MR) is 86.7 cm³/mol. The zero-order chi connectivity index (χ0) is 15.1. The molecule has 22 heavy (non-hydrogen) atoms. The van der Waals surface area contributed by atoms with Gasteiger partial charge < -0.3 is 0 Å². The van der Waals surface area contributed by atoms with Gasteiger partial charge in [0.25, 0.3) is 0 Å². The fraction of sp³-hybridized carbons (Fsp3) is 0. The van der Waals surface area contributed by atoms with E-state index in [1.54, 1.807) is 29.7 Å². The molecule has 0 saturated carbocycles. The van der Waals surface area contributed by atoms with Crippen molar-refractivity contribution in [2.24, 2.45) is 0 Å². The molecule has 0 unspecified atom stereocenters. The van der Waals surface area contributed by atoms with Gasteiger partial charge in [0, 0.05) is 22.7 Å². The van der Waals surface area contributed by atoms with Gasteiger partial charge in [-0.25, -0.2) is 9.37 Å². The Morgan fingerprint density at radius 1 is 1.09 bits per heavy atom. The van der Waals surface area contributed by atoms with Crippen LogP contribution in [0.25, 0.3) is 28.2 Å². The summed E-state index contributed by atoms with van der Waals surface area (Å²) in [5.41, 5.74) is 4.33. The van der Waals surface area contributed by atoms with E-state index in [1.807, 2.05) is 28.2 Å². The molecular weight excluding hydrogens is 321 g/mol. The van der Waals surface area contributed by atoms with Crippen LogP contribution < -0.4 is 0 Å². The lowest BCUT2D eigenvalue weighted by Crippen LogP contribution is -1.93. The Kier molecular flexibility index (Phi) is 3.17. The Morgan fingerprint density at radius 3 is 2.77 bits per heavy atom. The molecule has 3 aromatic heterocycles. The van der Waals surface area contributed by atoms with Crippen LogP contribution in [0.15, 0.2) is 53.6 Å². The molecule has 0 aliphatic rings. The van der Waals surface area contributed by atoms with Crippen LogP contribution in [-0.2, 0) is 0 Å². The van der Waals surface area contributed by atoms with Crippen molar-refractivity contribution in [3.63, 3.8) is 0 Å². The number of thiophene rings is 1. The normalized spacial score (nSPS) is 11.2. The van der Waals surface area contributed by atoms with Crippen molar-refractivity contribution in [1.29, 1.82) is 0 Å². The van der Waals surface area contributed by atoms with Gasteiger partial charge >= 0.3 is 0 Å². The van der Waals surface area contributed by atoms with Crippen molar-refractivity contribution in [3.8, 4) is 22.5 Å². The van der Waals surface area contributed by atoms with Gasteiger partial charge in [-0.1, -0.05) is 11.6 Å². The van der Waals surface area contributed by atoms with Crippen molar-refractivity contribution >= 4 is 28.6 Å². The monoisotopic (exact) mass is 329 g/mol. The second-order valence-electron chi connectivity index (χ2n) is 4.79. The van der Waals surface area contributed by atoms with Gasteiger partial charge in [0.05, 0.1) is 28.8 Å². The fourth-order valence-electron chi connectivity index (χ4n) is 2.32. The molecule has 0 N–H and O–H groups in total. The highest BCUT2D eigenvalue weighted by atomic mass is 35.5. The molecule has 3 nitrogen and oxygen atoms in total. The third kappa shape index (κ3) is 2.19. The zero-order valence-corrected chi connectivity index (χ0v) is 12.8. The standard InChI is InChI=1S/C16H9ClFN3S/c17-12-5-10(1-2-13(12)18)14-8-21-15(11-3-4-22-9-11)6-20-16(21)7-19-14/h1-9H. The van der Waals surface area contributed by atoms with Crippen molar-refractivity contribution < 1.29 is 4.39 Å². The number of imidazole rings is 1. The molecule has 0 saturated heterocycles. The van der Waals surface area contributed by atoms with E-state index < -0.39 is 5.82 Å². The summed E-state index contributed by atoms with van der Waals surface area (Å²) >= 11 is 7.49. The van der Waals surface area contributed by atoms with E-state index in [2.05, 4.69) is 15.3 Å². The molecule has 0 bridgehead atoms. The Labute approximate surface area is 134 Å². The van der Waals surface area contributed by atoms with E-state index in [-0.39, 0.29) is 5.02 Å². The molecule has 108 valence electrons. The quantitative estimate of drug-likeness (QED) is 0.522. The molecule has 0 spiro atoms. The van der Waals surface area contributed by atoms with E-state index in [0.29, 0.717) is 5.69 Å². The van der Waals surface area contributed by atoms with E-state index in [1.165, 1.54) is 6.07 Å². The molecular formula is C16H9ClFN3S. The van der Waals surface area contributed by atoms with Gasteiger partial charge in [0.2, 0.25) is 0 Å². The number of nitrogens with zero attached hydrogens (tertiary/aromatic N) is 3. The van der Waals surface area contributed by atoms with Crippen LogP contribution in [0.1, 0.15) is 0 Å². The van der Waals surface area contributed by atoms with E-state index in [9.17, 15) is 4.39 Å². The Balaban J connectivity index is 1.89. The minimum atomic E-state index is -0.437. The summed E-state index contributed by atoms with van der Waals surface area (Å²) in [5, 5.41) is 4.18. The maximum atomic E-state index is 13.3. The van der Waals surface area contributed by atoms with E-state index in [4.69, 9.17) is 11.6 Å². The number of hydrogen-bond acceptors (Lipinski definition) is 3. The van der Waals surface area contributed by atoms with Gasteiger partial charge in [0.15, 0.2) is 5.65 Å². The van der Waals surface area contributed by atoms with Crippen molar-refractivity contribution in [3.05, 3.63) is 64.5 Å². The molecule has 4 rings (SSSR count). The number of aromatic nitrogens is 3. The largest absolute Gasteiger partial charge is 0.296 e. The SMILES string of the molecule is Fc1ccc(-c2cn3c(-c4ccsc4)cnc3cn2)cc1Cl. The number of fused-ring (bicyclic) bond motifs is 1. The number of halogens is 2. The summed E-state index contributed by atoms with van der Waals surface area (Å²) < 4.78 is 15.3. The minimum Gasteiger partial charge on any atom is -0.296 e. The molecule has 1 aromatic carbocycles. The van der Waals surface area contributed by atoms with Crippen molar-refractivity contribution in [2.45, 2.75) is 0 Å². The average molecular weight is 330 g/mol. The topological polar surface area (TPSA) is 30.2 Å². The van der Waals surface area contributed by atoms with Crippen LogP contribution >= 0.6 is 22.9 Å². The molecule has 0 radical (unpaired) electrons. The molecule has 0 fully saturated rings. The van der Waals surface area contributed by atoms with E-state index in [0.717, 1.165) is 22.5 Å². The summed E-state index contributed by atoms with van der Waals surface area (Å²) in [5.74, 6) is -0.437. The maximum Gasteiger partial charge on any atom is 0.155 e. The van der Waals surface area contributed by atoms with Gasteiger partial charge in [-0.2, -0.15) is 11.3 Å². The molecule has 0 atom stereocenters. The minimum absolute atomic E-state index is 0.0862. The van der Waals surface area contributed by atoms with Gasteiger partial charge in [-0.15, -0.1) is 0 Å². The van der Waals surface area contributed by atoms with Crippen LogP contribution in [0, 0.1) is 5.82 Å². The first-order valence-electron chi connectivity index (χ1n) is 6.53. The lowest BCUT2D eigenvalue weighted by molar-refractivity contribution is 0.628. The van der Waals surface area contributed by atoms with Crippen LogP contribution in [-0.4, -0.2) is 14.4 Å². The lowest BCUT2D eigenvalue weighted by atomic mass is 10.1. The summed E-state index contributed by atoms with van der Waals surface area (Å²) in [4.78, 5) is 8.74. The smallest absolute Gasteiger partial charge is 0.155 e. The number of rotatable bonds is 2. The molecule has 0 aliphatic heterocycles. The second-order valence-corrected chi connectivity index (χ2v) is 5.97. The highest BCUT2D eigenvalue weighted by Gasteiger charge is 2.10. The highest BCUT2D eigenvalue weighted by molar-refractivity contribution is 7.08. The second kappa shape index (κ2) is 5.19. The first-order chi connectivity index (χ1) is 10.7. The molecule has 0 aliphatic carbocycles. The first kappa shape index (κ1) is 13.4. The average Bonchev–Trinajstić information content (AvgIpc) is 3.17. The molecule has 4 aromatic rings. The molecule has 0 amide bonds. The third-order valence-electron chi connectivity index (χ3n) is 3.43. The summed E-state index contributed by atoms with van der Waals surface area (Å²) in [6.45, 7) is 0. The molecule has 3 heterocycles. The lowest BCUT2D eigenvalue weighted by Gasteiger charge is -2.05. The van der Waals surface area contributed by atoms with Gasteiger partial charge in [-0.05, 0) is 29.6 Å². The summed E-state index contributed by atoms with van der Waals surface area (Å²) in [6.07, 6.45) is 5.40. The Bertz CT molecular complexity index is 963. The fourth-order valence-corrected chi connectivity index (χ4v) is 3.15. The van der Waals surface area contributed by atoms with Crippen LogP contribution in [0.2, 0.25) is 5.02 Å². The van der Waals surface area contributed by atoms with Crippen molar-refractivity contribution in [1.82, 2.24) is 14.4 Å². The highest BCUT2D eigenvalue weighted by Crippen LogP contribution is 2.27. The maximum absolute atomic E-state index is 13.3. The first-order valence-corrected chi connectivity index (χ1v) is 7.85. The molecule has 6 heteroatoms. The third-order valence-corrected chi connectivity index (χ3v) is 4.40. The Morgan fingerprint density at radius 2 is 2.00 bits per heavy atom. The predicted octanol–water partition coefficient (Wildman–Crippen LogP) is 4.92. The van der Waals surface area contributed by atoms with Gasteiger partial charge in [-0.3, -0.25) is 9.38 Å².